The summed E-state index contributed by atoms with van der Waals surface area (Å²) in [7, 11) is 0.299. The molecular weight excluding hydrogens is 771 g/mol. The number of carbonyl (C=O) groups is 2. The Morgan fingerprint density at radius 1 is 0.474 bits per heavy atom. The molecule has 0 fully saturated rings. The number of halogens is 1. The molecule has 0 aromatic heterocycles. The first kappa shape index (κ1) is 43.6. The lowest BCUT2D eigenvalue weighted by molar-refractivity contribution is 0.100. The maximum atomic E-state index is 11.3. The van der Waals surface area contributed by atoms with E-state index in [9.17, 15) is 9.59 Å². The molecule has 6 rings (SSSR count). The van der Waals surface area contributed by atoms with Crippen LogP contribution in [0.1, 0.15) is 79.1 Å². The zero-order valence-electron chi connectivity index (χ0n) is 32.5. The van der Waals surface area contributed by atoms with Crippen molar-refractivity contribution in [3.63, 3.8) is 0 Å². The second kappa shape index (κ2) is 23.1. The van der Waals surface area contributed by atoms with Crippen LogP contribution in [0, 0.1) is 6.92 Å². The lowest BCUT2D eigenvalue weighted by Crippen LogP contribution is -2.05. The van der Waals surface area contributed by atoms with E-state index in [1.54, 1.807) is 27.0 Å². The van der Waals surface area contributed by atoms with Crippen molar-refractivity contribution in [3.8, 4) is 5.75 Å². The summed E-state index contributed by atoms with van der Waals surface area (Å²) in [4.78, 5) is 22.5. The predicted octanol–water partition coefficient (Wildman–Crippen LogP) is 12.1. The fourth-order valence-corrected chi connectivity index (χ4v) is 5.38. The topological polar surface area (TPSA) is 83.8 Å². The molecule has 0 amide bonds. The molecule has 0 heterocycles. The summed E-state index contributed by atoms with van der Waals surface area (Å²) in [5, 5.41) is 17.1. The Hall–Kier alpha value is -6.12. The molecule has 6 aromatic carbocycles. The minimum Gasteiger partial charge on any atom is -0.497 e. The lowest BCUT2D eigenvalue weighted by atomic mass is 9.91. The van der Waals surface area contributed by atoms with Crippen LogP contribution in [0.2, 0.25) is 0 Å². The van der Waals surface area contributed by atoms with Crippen LogP contribution >= 0.6 is 15.9 Å². The first-order chi connectivity index (χ1) is 27.5. The van der Waals surface area contributed by atoms with Crippen LogP contribution in [0.15, 0.2) is 156 Å². The van der Waals surface area contributed by atoms with Gasteiger partial charge >= 0.3 is 7.12 Å². The van der Waals surface area contributed by atoms with E-state index in [1.807, 2.05) is 140 Å². The van der Waals surface area contributed by atoms with Crippen LogP contribution in [-0.2, 0) is 0 Å². The third-order valence-electron chi connectivity index (χ3n) is 8.50. The number of hydrogen-bond donors (Lipinski definition) is 2. The molecule has 0 aliphatic rings. The van der Waals surface area contributed by atoms with Gasteiger partial charge in [-0.15, -0.1) is 0 Å². The smallest absolute Gasteiger partial charge is 0.480 e. The van der Waals surface area contributed by atoms with E-state index in [-0.39, 0.29) is 11.6 Å². The standard InChI is InChI=1S/C25H22O2.C16H13BrO.C9H11BO2/c1-19(26)24-15-11-22(12-16-24)9-7-20-3-5-21(6-4-20)8-10-23-13-17-25(27-2)18-14-23;1-12(18)15-8-4-13(5-9-15)2-3-14-6-10-16(17)11-7-14;1-8-2-4-9(5-3-8)6-7-10(11)12/h3-18H,1-2H3;2-11H,1H3;2-7,11-12H,1H3/b9-7+,10-8+;3-2+;7-6+. The van der Waals surface area contributed by atoms with Crippen LogP contribution in [0.25, 0.3) is 42.5 Å². The normalized spacial score (nSPS) is 10.9. The molecule has 0 saturated heterocycles. The van der Waals surface area contributed by atoms with E-state index in [0.29, 0.717) is 0 Å². The van der Waals surface area contributed by atoms with Gasteiger partial charge < -0.3 is 14.8 Å². The van der Waals surface area contributed by atoms with Gasteiger partial charge in [0.1, 0.15) is 5.75 Å². The van der Waals surface area contributed by atoms with Crippen LogP contribution < -0.4 is 4.74 Å². The minimum absolute atomic E-state index is 0.0869. The van der Waals surface area contributed by atoms with E-state index in [4.69, 9.17) is 14.8 Å². The van der Waals surface area contributed by atoms with Gasteiger partial charge in [0.15, 0.2) is 11.6 Å². The number of methoxy groups -OCH3 is 1. The molecule has 0 aliphatic heterocycles. The Bertz CT molecular complexity index is 2270. The van der Waals surface area contributed by atoms with Gasteiger partial charge in [0.25, 0.3) is 0 Å². The average Bonchev–Trinajstić information content (AvgIpc) is 3.23. The third-order valence-corrected chi connectivity index (χ3v) is 9.03. The largest absolute Gasteiger partial charge is 0.497 e. The summed E-state index contributed by atoms with van der Waals surface area (Å²) in [5.74, 6) is 2.37. The Labute approximate surface area is 345 Å². The highest BCUT2D eigenvalue weighted by Crippen LogP contribution is 2.17. The highest BCUT2D eigenvalue weighted by atomic mass is 79.9. The summed E-state index contributed by atoms with van der Waals surface area (Å²) < 4.78 is 6.25. The molecular formula is C50H46BBrO5. The zero-order valence-corrected chi connectivity index (χ0v) is 34.1. The van der Waals surface area contributed by atoms with Crippen LogP contribution in [0.5, 0.6) is 5.75 Å². The van der Waals surface area contributed by atoms with Gasteiger partial charge in [-0.25, -0.2) is 0 Å². The van der Waals surface area contributed by atoms with Crippen molar-refractivity contribution in [1.82, 2.24) is 0 Å². The highest BCUT2D eigenvalue weighted by Gasteiger charge is 2.00. The number of rotatable bonds is 11. The van der Waals surface area contributed by atoms with Gasteiger partial charge in [-0.05, 0) is 84.0 Å². The van der Waals surface area contributed by atoms with Crippen LogP contribution in [0.4, 0.5) is 0 Å². The van der Waals surface area contributed by atoms with E-state index < -0.39 is 7.12 Å². The van der Waals surface area contributed by atoms with Crippen molar-refractivity contribution >= 4 is 77.1 Å². The number of carbonyl (C=O) groups excluding carboxylic acids is 2. The predicted molar refractivity (Wildman–Crippen MR) is 244 cm³/mol. The molecule has 6 aromatic rings. The van der Waals surface area contributed by atoms with Crippen molar-refractivity contribution in [1.29, 1.82) is 0 Å². The van der Waals surface area contributed by atoms with Gasteiger partial charge in [0.2, 0.25) is 0 Å². The van der Waals surface area contributed by atoms with Gasteiger partial charge in [-0.2, -0.15) is 0 Å². The van der Waals surface area contributed by atoms with Crippen LogP contribution in [-0.4, -0.2) is 35.8 Å². The first-order valence-electron chi connectivity index (χ1n) is 18.3. The molecule has 7 heteroatoms. The Morgan fingerprint density at radius 3 is 1.07 bits per heavy atom. The number of benzene rings is 6. The molecule has 5 nitrogen and oxygen atoms in total. The molecule has 0 radical (unpaired) electrons. The summed E-state index contributed by atoms with van der Waals surface area (Å²) in [6.45, 7) is 5.16. The monoisotopic (exact) mass is 816 g/mol. The highest BCUT2D eigenvalue weighted by molar-refractivity contribution is 9.10. The zero-order chi connectivity index (χ0) is 41.0. The molecule has 0 saturated carbocycles. The fraction of sp³-hybridized carbons (Fsp3) is 0.0800. The molecule has 0 aliphatic carbocycles. The number of Topliss-reactive ketones (excluding diaryl/α,β-unsaturated/α-hetero) is 2. The van der Waals surface area contributed by atoms with Crippen molar-refractivity contribution in [2.45, 2.75) is 20.8 Å². The quantitative estimate of drug-likeness (QED) is 0.0773. The Morgan fingerprint density at radius 2 is 0.754 bits per heavy atom. The Kier molecular flexibility index (Phi) is 17.7. The Balaban J connectivity index is 0.000000206. The van der Waals surface area contributed by atoms with Crippen molar-refractivity contribution in [3.05, 3.63) is 212 Å². The molecule has 0 bridgehead atoms. The van der Waals surface area contributed by atoms with Gasteiger partial charge in [0.05, 0.1) is 7.11 Å². The summed E-state index contributed by atoms with van der Waals surface area (Å²) >= 11 is 3.41. The second-order valence-electron chi connectivity index (χ2n) is 13.0. The lowest BCUT2D eigenvalue weighted by Gasteiger charge is -2.00. The first-order valence-corrected chi connectivity index (χ1v) is 19.1. The van der Waals surface area contributed by atoms with Gasteiger partial charge in [0, 0.05) is 15.6 Å². The number of ketones is 2. The van der Waals surface area contributed by atoms with Crippen molar-refractivity contribution in [2.24, 2.45) is 0 Å². The molecule has 0 spiro atoms. The maximum absolute atomic E-state index is 11.3. The molecule has 0 atom stereocenters. The van der Waals surface area contributed by atoms with E-state index >= 15 is 0 Å². The van der Waals surface area contributed by atoms with Gasteiger partial charge in [-0.1, -0.05) is 191 Å². The van der Waals surface area contributed by atoms with Gasteiger partial charge in [-0.3, -0.25) is 9.59 Å². The van der Waals surface area contributed by atoms with Crippen molar-refractivity contribution < 1.29 is 24.4 Å². The summed E-state index contributed by atoms with van der Waals surface area (Å²) in [6, 6.07) is 47.5. The third kappa shape index (κ3) is 16.3. The number of aryl methyl sites for hydroxylation is 1. The number of ether oxygens (including phenoxy) is 1. The maximum Gasteiger partial charge on any atom is 0.480 e. The summed E-state index contributed by atoms with van der Waals surface area (Å²) in [5.41, 5.74) is 10.4. The molecule has 57 heavy (non-hydrogen) atoms. The fourth-order valence-electron chi connectivity index (χ4n) is 5.12. The van der Waals surface area contributed by atoms with Crippen molar-refractivity contribution in [2.75, 3.05) is 7.11 Å². The SMILES string of the molecule is CC(=O)c1ccc(/C=C/c2ccc(Br)cc2)cc1.COc1ccc(/C=C/c2ccc(/C=C/c3ccc(C(C)=O)cc3)cc2)cc1.Cc1ccc(/C=C/B(O)O)cc1. The summed E-state index contributed by atoms with van der Waals surface area (Å²) in [6.07, 6.45) is 14.1. The van der Waals surface area contributed by atoms with E-state index in [0.717, 1.165) is 60.3 Å². The average molecular weight is 818 g/mol. The molecule has 286 valence electrons. The second-order valence-corrected chi connectivity index (χ2v) is 13.9. The van der Waals surface area contributed by atoms with Crippen LogP contribution in [0.3, 0.4) is 0 Å². The number of hydrogen-bond acceptors (Lipinski definition) is 5. The molecule has 0 unspecified atom stereocenters. The minimum atomic E-state index is -1.37. The van der Waals surface area contributed by atoms with E-state index in [1.165, 1.54) is 11.5 Å². The molecule has 2 N–H and O–H groups in total. The van der Waals surface area contributed by atoms with E-state index in [2.05, 4.69) is 64.5 Å².